The Labute approximate surface area is 714 Å². The highest BCUT2D eigenvalue weighted by atomic mass is 16.8. The Morgan fingerprint density at radius 3 is 0.800 bits per heavy atom. The van der Waals surface area contributed by atoms with E-state index in [0.29, 0.717) is 6.54 Å². The summed E-state index contributed by atoms with van der Waals surface area (Å²) in [5.41, 5.74) is 31.7. The smallest absolute Gasteiger partial charge is 0.217 e. The molecule has 0 aromatic carbocycles. The van der Waals surface area contributed by atoms with E-state index in [2.05, 4.69) is 5.32 Å². The lowest BCUT2D eigenvalue weighted by Gasteiger charge is -2.46. The molecule has 0 aromatic heterocycles. The van der Waals surface area contributed by atoms with E-state index < -0.39 is 335 Å². The minimum absolute atomic E-state index is 0.0141. The lowest BCUT2D eigenvalue weighted by atomic mass is 9.96. The Balaban J connectivity index is 0.000000328. The number of hydrogen-bond donors (Lipinski definition) is 38. The van der Waals surface area contributed by atoms with Crippen LogP contribution in [0.15, 0.2) is 0 Å². The molecule has 57 heteroatoms. The van der Waals surface area contributed by atoms with E-state index >= 15 is 0 Å². The van der Waals surface area contributed by atoms with E-state index in [1.54, 1.807) is 6.92 Å². The highest BCUT2D eigenvalue weighted by Gasteiger charge is 2.56. The fourth-order valence-electron chi connectivity index (χ4n) is 13.0. The number of aliphatic hydroxyl groups is 31. The fraction of sp³-hybridized carbons (Fsp3) is 0.985. The zero-order valence-electron chi connectivity index (χ0n) is 68.2. The first kappa shape index (κ1) is 115. The Morgan fingerprint density at radius 1 is 0.248 bits per heavy atom. The number of ether oxygens (including phenoxy) is 18. The predicted molar refractivity (Wildman–Crippen MR) is 401 cm³/mol. The van der Waals surface area contributed by atoms with Gasteiger partial charge in [0.2, 0.25) is 5.91 Å². The van der Waals surface area contributed by atoms with Crippen LogP contribution in [0.1, 0.15) is 13.8 Å². The summed E-state index contributed by atoms with van der Waals surface area (Å²) in [6.07, 6.45) is -60.4. The van der Waals surface area contributed by atoms with Gasteiger partial charge in [0.05, 0.1) is 98.6 Å². The fourth-order valence-corrected chi connectivity index (χ4v) is 13.0. The van der Waals surface area contributed by atoms with Crippen LogP contribution in [0.5, 0.6) is 0 Å². The molecule has 0 aliphatic carbocycles. The average molecular weight is 1850 g/mol. The zero-order valence-corrected chi connectivity index (χ0v) is 68.2. The molecule has 9 saturated heterocycles. The second kappa shape index (κ2) is 57.8. The number of aliphatic hydroxyl groups excluding tert-OH is 31. The minimum atomic E-state index is -1.83. The SMILES string of the molecule is CC(=O)N[C@H]1[C@@H](OCCN)O[C@H](CO)[C@@H](O)[C@@H]1O.C[C@@H]1O[C@@H](OCCN)[C@@H](O)[C@H](O)[C@@H]1O.NCCO[C@H]1O[C@H](CO)[C@@H](O)[C@H](O)[C@@H]1O.NCCO[C@H]1O[C@H](CO)[C@@H](O)[C@H](O)[C@@H]1OC1O[C@H](CO)[C@@H](O)[C@H](O)[C@@H]1O.NCCO[C@H]1O[C@H](CO)[C@@H](O)[C@H](O)[C@H]1O.NCCO[C@H]1O[C@H](CO[C@H]2O[C@H](CO)[C@@H](O)[C@H](O)[C@@H]2O)[C@@H](O)[C@H](O[C@H]2O[C@H](CO)[C@@H](O)[C@H](O)[C@@H]2O)[C@@H]1O. The predicted octanol–water partition coefficient (Wildman–Crippen LogP) is -24.8. The van der Waals surface area contributed by atoms with Crippen LogP contribution in [-0.4, -0.2) is 572 Å². The van der Waals surface area contributed by atoms with Crippen molar-refractivity contribution in [2.45, 2.75) is 290 Å². The summed E-state index contributed by atoms with van der Waals surface area (Å²) in [6.45, 7) is 0.107. The van der Waals surface area contributed by atoms with E-state index in [-0.39, 0.29) is 72.4 Å². The molecule has 742 valence electrons. The van der Waals surface area contributed by atoms with Crippen molar-refractivity contribution in [3.63, 3.8) is 0 Å². The van der Waals surface area contributed by atoms with E-state index in [9.17, 15) is 148 Å². The summed E-state index contributed by atoms with van der Waals surface area (Å²) in [5.74, 6) is -0.390. The third-order valence-corrected chi connectivity index (χ3v) is 20.2. The maximum absolute atomic E-state index is 11.0. The van der Waals surface area contributed by atoms with Gasteiger partial charge in [-0.05, 0) is 6.92 Å². The van der Waals surface area contributed by atoms with Crippen LogP contribution in [0.2, 0.25) is 0 Å². The Morgan fingerprint density at radius 2 is 0.480 bits per heavy atom. The second-order valence-corrected chi connectivity index (χ2v) is 29.3. The minimum Gasteiger partial charge on any atom is -0.394 e. The topological polar surface area (TPSA) is 978 Å². The maximum atomic E-state index is 11.0. The Bertz CT molecular complexity index is 2800. The van der Waals surface area contributed by atoms with Crippen molar-refractivity contribution in [2.75, 3.05) is 132 Å². The van der Waals surface area contributed by atoms with Gasteiger partial charge in [-0.25, -0.2) is 0 Å². The maximum Gasteiger partial charge on any atom is 0.217 e. The van der Waals surface area contributed by atoms with Gasteiger partial charge in [-0.2, -0.15) is 0 Å². The van der Waals surface area contributed by atoms with Crippen LogP contribution in [0.3, 0.4) is 0 Å². The van der Waals surface area contributed by atoms with Crippen molar-refractivity contribution in [2.24, 2.45) is 34.4 Å². The van der Waals surface area contributed by atoms with Gasteiger partial charge in [0.25, 0.3) is 0 Å². The quantitative estimate of drug-likeness (QED) is 0.0290. The molecule has 9 rings (SSSR count). The highest BCUT2D eigenvalue weighted by molar-refractivity contribution is 5.73. The molecule has 44 N–H and O–H groups in total. The van der Waals surface area contributed by atoms with Gasteiger partial charge in [-0.15, -0.1) is 0 Å². The van der Waals surface area contributed by atoms with Gasteiger partial charge in [-0.3, -0.25) is 4.79 Å². The molecule has 9 heterocycles. The largest absolute Gasteiger partial charge is 0.394 e. The number of amides is 1. The third kappa shape index (κ3) is 32.0. The third-order valence-electron chi connectivity index (χ3n) is 20.2. The number of carbonyl (C=O) groups is 1. The number of hydrogen-bond acceptors (Lipinski definition) is 56. The Kier molecular flexibility index (Phi) is 52.9. The van der Waals surface area contributed by atoms with Crippen LogP contribution in [0, 0.1) is 0 Å². The number of rotatable bonds is 33. The molecule has 0 bridgehead atoms. The van der Waals surface area contributed by atoms with Crippen LogP contribution >= 0.6 is 0 Å². The molecule has 125 heavy (non-hydrogen) atoms. The van der Waals surface area contributed by atoms with E-state index in [1.165, 1.54) is 6.92 Å². The molecule has 57 nitrogen and oxygen atoms in total. The molecule has 9 aliphatic heterocycles. The molecule has 0 radical (unpaired) electrons. The first-order chi connectivity index (χ1) is 59.2. The van der Waals surface area contributed by atoms with Crippen molar-refractivity contribution >= 4 is 5.91 Å². The molecule has 0 saturated carbocycles. The van der Waals surface area contributed by atoms with Gasteiger partial charge >= 0.3 is 0 Å². The molecule has 9 fully saturated rings. The average Bonchev–Trinajstić information content (AvgIpc) is 0.768. The normalized spacial score (nSPS) is 44.6. The molecule has 45 atom stereocenters. The molecular weight excluding hydrogens is 1710 g/mol. The summed E-state index contributed by atoms with van der Waals surface area (Å²) in [7, 11) is 0. The van der Waals surface area contributed by atoms with E-state index in [1.807, 2.05) is 0 Å². The number of carbonyl (C=O) groups excluding carboxylic acids is 1. The van der Waals surface area contributed by atoms with Crippen molar-refractivity contribution in [1.29, 1.82) is 0 Å². The molecular formula is C68H135N7O50. The van der Waals surface area contributed by atoms with Crippen LogP contribution in [0.4, 0.5) is 0 Å². The molecule has 0 spiro atoms. The highest BCUT2D eigenvalue weighted by Crippen LogP contribution is 2.35. The number of nitrogens with one attached hydrogen (secondary N) is 1. The first-order valence-corrected chi connectivity index (χ1v) is 39.8. The van der Waals surface area contributed by atoms with Gasteiger partial charge in [0.15, 0.2) is 56.6 Å². The van der Waals surface area contributed by atoms with Gasteiger partial charge < -0.3 is 283 Å². The summed E-state index contributed by atoms with van der Waals surface area (Å²) in [6, 6.07) is -0.910. The van der Waals surface area contributed by atoms with Crippen molar-refractivity contribution in [3.8, 4) is 0 Å². The van der Waals surface area contributed by atoms with E-state index in [4.69, 9.17) is 135 Å². The molecule has 1 unspecified atom stereocenters. The number of nitrogens with two attached hydrogens (primary N) is 6. The zero-order chi connectivity index (χ0) is 94.1. The second-order valence-electron chi connectivity index (χ2n) is 29.3. The summed E-state index contributed by atoms with van der Waals surface area (Å²) in [5, 5.41) is 302. The first-order valence-electron chi connectivity index (χ1n) is 39.8. The van der Waals surface area contributed by atoms with E-state index in [0.717, 1.165) is 0 Å². The Hall–Kier alpha value is -2.73. The van der Waals surface area contributed by atoms with Crippen molar-refractivity contribution < 1.29 is 248 Å². The van der Waals surface area contributed by atoms with Crippen LogP contribution in [-0.2, 0) is 90.1 Å². The van der Waals surface area contributed by atoms with Gasteiger partial charge in [0, 0.05) is 46.2 Å². The van der Waals surface area contributed by atoms with Crippen molar-refractivity contribution in [3.05, 3.63) is 0 Å². The summed E-state index contributed by atoms with van der Waals surface area (Å²) >= 11 is 0. The van der Waals surface area contributed by atoms with Crippen LogP contribution < -0.4 is 39.7 Å². The molecule has 0 aromatic rings. The van der Waals surface area contributed by atoms with Crippen molar-refractivity contribution in [1.82, 2.24) is 5.32 Å². The summed E-state index contributed by atoms with van der Waals surface area (Å²) in [4.78, 5) is 11.0. The molecule has 1 amide bonds. The standard InChI is InChI=1S/C20H37NO16.C14H27NO11.C10H20N2O6.2C8H17NO6.C8H17NO5/c21-1-2-32-19-16(31)17(37-20-15(30)13(28)10(25)7(4-23)35-20)11(26)8(36-19)5-33-18-14(29)12(27)9(24)6(3-22)34-18;15-1-2-23-14-12(10(21)8(19)6(4-17)25-14)26-13-11(22)9(20)7(18)5(3-16)24-13;1-5(14)12-7-9(16)8(15)6(4-13)18-10(7)17-3-2-11;2*9-1-2-14-8-7(13)6(12)5(11)4(3-10)15-8;1-4-5(10)6(11)7(12)8(14-4)13-3-2-9/h6-20,22-31H,1-5,21H2;5-14,16-22H,1-4,15H2;6-10,13,15-16H,2-4,11H2,1H3,(H,12,14);2*4-8,10-13H,1-3,9H2;4-8,10-12H,2-3,9H2,1H3/t6-,7-,8-,9-,10-,11-,12+,13+,14+,15+,16+,17+,18+,19+,20-;5-,6-,7-,8-,9+,10+,11+,12+,13?,14+;6-,7-,8-,9-,10+;4-,5-,6+,7+,8+;4-,5-,6+,7-,8+;4-,5+,6+,7-,8+/m111110/s1. The van der Waals surface area contributed by atoms with Crippen LogP contribution in [0.25, 0.3) is 0 Å². The molecule has 9 aliphatic rings. The lowest BCUT2D eigenvalue weighted by Crippen LogP contribution is -2.65. The monoisotopic (exact) mass is 1850 g/mol. The van der Waals surface area contributed by atoms with Gasteiger partial charge in [-0.1, -0.05) is 0 Å². The van der Waals surface area contributed by atoms with Gasteiger partial charge in [0.1, 0.15) is 214 Å². The summed E-state index contributed by atoms with van der Waals surface area (Å²) < 4.78 is 94.6. The lowest BCUT2D eigenvalue weighted by molar-refractivity contribution is -0.367.